The minimum absolute atomic E-state index is 0.217. The Morgan fingerprint density at radius 2 is 2.25 bits per heavy atom. The summed E-state index contributed by atoms with van der Waals surface area (Å²) in [6, 6.07) is 4.63. The van der Waals surface area contributed by atoms with E-state index in [0.29, 0.717) is 12.0 Å². The average molecular weight is 277 g/mol. The summed E-state index contributed by atoms with van der Waals surface area (Å²) in [6.45, 7) is 9.10. The largest absolute Gasteiger partial charge is 0.393 e. The molecule has 1 aliphatic rings. The lowest BCUT2D eigenvalue weighted by Gasteiger charge is -2.21. The van der Waals surface area contributed by atoms with Crippen molar-refractivity contribution in [2.45, 2.75) is 45.8 Å². The Bertz CT molecular complexity index is 405. The van der Waals surface area contributed by atoms with Crippen LogP contribution in [0.4, 0.5) is 5.69 Å². The molecule has 2 heterocycles. The molecular formula is C16H27N3O. The van der Waals surface area contributed by atoms with Crippen molar-refractivity contribution in [3.8, 4) is 0 Å². The number of nitrogens with one attached hydrogen (secondary N) is 1. The Morgan fingerprint density at radius 3 is 2.75 bits per heavy atom. The Balaban J connectivity index is 2.01. The van der Waals surface area contributed by atoms with Gasteiger partial charge in [-0.2, -0.15) is 0 Å². The Labute approximate surface area is 122 Å². The molecule has 4 nitrogen and oxygen atoms in total. The van der Waals surface area contributed by atoms with Gasteiger partial charge in [-0.15, -0.1) is 0 Å². The Hall–Kier alpha value is -1.13. The highest BCUT2D eigenvalue weighted by Gasteiger charge is 2.26. The molecule has 1 fully saturated rings. The molecule has 0 saturated carbocycles. The number of pyridine rings is 1. The number of nitrogens with zero attached hydrogens (tertiary/aromatic N) is 2. The summed E-state index contributed by atoms with van der Waals surface area (Å²) >= 11 is 0. The molecule has 112 valence electrons. The van der Waals surface area contributed by atoms with Crippen LogP contribution in [0.3, 0.4) is 0 Å². The maximum absolute atomic E-state index is 9.67. The third-order valence-electron chi connectivity index (χ3n) is 4.26. The van der Waals surface area contributed by atoms with Crippen molar-refractivity contribution < 1.29 is 5.11 Å². The van der Waals surface area contributed by atoms with E-state index in [1.54, 1.807) is 0 Å². The summed E-state index contributed by atoms with van der Waals surface area (Å²) in [5.41, 5.74) is 2.28. The molecule has 2 rings (SSSR count). The first-order valence-electron chi connectivity index (χ1n) is 7.78. The molecule has 0 bridgehead atoms. The second kappa shape index (κ2) is 7.04. The molecule has 0 amide bonds. The maximum Gasteiger partial charge on any atom is 0.0574 e. The van der Waals surface area contributed by atoms with Crippen LogP contribution in [-0.2, 0) is 0 Å². The van der Waals surface area contributed by atoms with Gasteiger partial charge in [0.25, 0.3) is 0 Å². The summed E-state index contributed by atoms with van der Waals surface area (Å²) in [6.07, 6.45) is 3.87. The van der Waals surface area contributed by atoms with Crippen LogP contribution in [0, 0.1) is 5.92 Å². The van der Waals surface area contributed by atoms with Crippen LogP contribution in [0.1, 0.15) is 45.3 Å². The van der Waals surface area contributed by atoms with Crippen molar-refractivity contribution in [1.29, 1.82) is 0 Å². The van der Waals surface area contributed by atoms with Crippen molar-refractivity contribution in [3.63, 3.8) is 0 Å². The van der Waals surface area contributed by atoms with Gasteiger partial charge in [0.1, 0.15) is 0 Å². The van der Waals surface area contributed by atoms with Crippen molar-refractivity contribution in [2.24, 2.45) is 5.92 Å². The second-order valence-electron chi connectivity index (χ2n) is 5.70. The van der Waals surface area contributed by atoms with E-state index in [1.807, 2.05) is 13.1 Å². The SMILES string of the molecule is CCNC(CC)c1ccc(N2CCC(C(C)O)C2)cn1. The van der Waals surface area contributed by atoms with Gasteiger partial charge in [0, 0.05) is 25.0 Å². The fourth-order valence-electron chi connectivity index (χ4n) is 2.91. The lowest BCUT2D eigenvalue weighted by molar-refractivity contribution is 0.136. The lowest BCUT2D eigenvalue weighted by atomic mass is 10.0. The molecule has 0 spiro atoms. The van der Waals surface area contributed by atoms with E-state index >= 15 is 0 Å². The van der Waals surface area contributed by atoms with Crippen molar-refractivity contribution in [2.75, 3.05) is 24.5 Å². The number of hydrogen-bond donors (Lipinski definition) is 2. The zero-order chi connectivity index (χ0) is 14.5. The first kappa shape index (κ1) is 15.3. The van der Waals surface area contributed by atoms with Crippen LogP contribution in [-0.4, -0.2) is 35.8 Å². The second-order valence-corrected chi connectivity index (χ2v) is 5.70. The van der Waals surface area contributed by atoms with Gasteiger partial charge in [-0.25, -0.2) is 0 Å². The van der Waals surface area contributed by atoms with Gasteiger partial charge in [0.05, 0.1) is 23.7 Å². The number of rotatable bonds is 6. The molecule has 1 saturated heterocycles. The van der Waals surface area contributed by atoms with Crippen LogP contribution in [0.5, 0.6) is 0 Å². The van der Waals surface area contributed by atoms with Gasteiger partial charge in [0.15, 0.2) is 0 Å². The van der Waals surface area contributed by atoms with Crippen molar-refractivity contribution in [3.05, 3.63) is 24.0 Å². The van der Waals surface area contributed by atoms with Crippen LogP contribution in [0.2, 0.25) is 0 Å². The van der Waals surface area contributed by atoms with Crippen LogP contribution in [0.25, 0.3) is 0 Å². The van der Waals surface area contributed by atoms with Gasteiger partial charge in [-0.1, -0.05) is 13.8 Å². The first-order valence-corrected chi connectivity index (χ1v) is 7.78. The average Bonchev–Trinajstić information content (AvgIpc) is 2.95. The predicted molar refractivity (Wildman–Crippen MR) is 82.9 cm³/mol. The van der Waals surface area contributed by atoms with Crippen molar-refractivity contribution >= 4 is 5.69 Å². The molecular weight excluding hydrogens is 250 g/mol. The summed E-state index contributed by atoms with van der Waals surface area (Å²) < 4.78 is 0. The number of aliphatic hydroxyl groups is 1. The third-order valence-corrected chi connectivity index (χ3v) is 4.26. The number of aromatic nitrogens is 1. The van der Waals surface area contributed by atoms with Gasteiger partial charge in [0.2, 0.25) is 0 Å². The van der Waals surface area contributed by atoms with E-state index < -0.39 is 0 Å². The lowest BCUT2D eigenvalue weighted by Crippen LogP contribution is -2.24. The molecule has 0 radical (unpaired) electrons. The molecule has 2 N–H and O–H groups in total. The zero-order valence-corrected chi connectivity index (χ0v) is 12.8. The summed E-state index contributed by atoms with van der Waals surface area (Å²) in [7, 11) is 0. The highest BCUT2D eigenvalue weighted by molar-refractivity contribution is 5.46. The summed E-state index contributed by atoms with van der Waals surface area (Å²) in [5.74, 6) is 0.389. The molecule has 3 unspecified atom stereocenters. The summed E-state index contributed by atoms with van der Waals surface area (Å²) in [5, 5.41) is 13.1. The number of aliphatic hydroxyl groups excluding tert-OH is 1. The van der Waals surface area contributed by atoms with Crippen LogP contribution < -0.4 is 10.2 Å². The van der Waals surface area contributed by atoms with E-state index in [2.05, 4.69) is 41.2 Å². The Kier molecular flexibility index (Phi) is 5.38. The quantitative estimate of drug-likeness (QED) is 0.838. The minimum atomic E-state index is -0.217. The predicted octanol–water partition coefficient (Wildman–Crippen LogP) is 2.35. The maximum atomic E-state index is 9.67. The van der Waals surface area contributed by atoms with Gasteiger partial charge in [-0.05, 0) is 38.4 Å². The summed E-state index contributed by atoms with van der Waals surface area (Å²) in [4.78, 5) is 6.94. The standard InChI is InChI=1S/C16H27N3O/c1-4-15(17-5-2)16-7-6-14(10-18-16)19-9-8-13(11-19)12(3)20/h6-7,10,12-13,15,17,20H,4-5,8-9,11H2,1-3H3. The van der Waals surface area contributed by atoms with E-state index in [0.717, 1.165) is 38.2 Å². The molecule has 1 aromatic rings. The number of hydrogen-bond acceptors (Lipinski definition) is 4. The fourth-order valence-corrected chi connectivity index (χ4v) is 2.91. The van der Waals surface area contributed by atoms with E-state index in [-0.39, 0.29) is 6.10 Å². The van der Waals surface area contributed by atoms with E-state index in [4.69, 9.17) is 0 Å². The highest BCUT2D eigenvalue weighted by atomic mass is 16.3. The van der Waals surface area contributed by atoms with Crippen LogP contribution >= 0.6 is 0 Å². The smallest absolute Gasteiger partial charge is 0.0574 e. The minimum Gasteiger partial charge on any atom is -0.393 e. The van der Waals surface area contributed by atoms with Gasteiger partial charge >= 0.3 is 0 Å². The molecule has 0 aliphatic carbocycles. The van der Waals surface area contributed by atoms with E-state index in [9.17, 15) is 5.11 Å². The molecule has 20 heavy (non-hydrogen) atoms. The fraction of sp³-hybridized carbons (Fsp3) is 0.688. The molecule has 0 aromatic carbocycles. The molecule has 1 aliphatic heterocycles. The molecule has 4 heteroatoms. The monoisotopic (exact) mass is 277 g/mol. The van der Waals surface area contributed by atoms with Gasteiger partial charge < -0.3 is 15.3 Å². The van der Waals surface area contributed by atoms with E-state index in [1.165, 1.54) is 5.69 Å². The normalized spacial score (nSPS) is 22.0. The Morgan fingerprint density at radius 1 is 1.45 bits per heavy atom. The number of anilines is 1. The molecule has 3 atom stereocenters. The van der Waals surface area contributed by atoms with Crippen molar-refractivity contribution in [1.82, 2.24) is 10.3 Å². The van der Waals surface area contributed by atoms with Gasteiger partial charge in [-0.3, -0.25) is 4.98 Å². The van der Waals surface area contributed by atoms with Crippen LogP contribution in [0.15, 0.2) is 18.3 Å². The third kappa shape index (κ3) is 3.49. The molecule has 1 aromatic heterocycles. The first-order chi connectivity index (χ1) is 9.65. The topological polar surface area (TPSA) is 48.4 Å². The highest BCUT2D eigenvalue weighted by Crippen LogP contribution is 2.26. The zero-order valence-electron chi connectivity index (χ0n) is 12.8.